The number of ether oxygens (including phenoxy) is 1. The summed E-state index contributed by atoms with van der Waals surface area (Å²) >= 11 is 0. The Labute approximate surface area is 144 Å². The summed E-state index contributed by atoms with van der Waals surface area (Å²) in [6.07, 6.45) is 0. The summed E-state index contributed by atoms with van der Waals surface area (Å²) < 4.78 is 31.3. The van der Waals surface area contributed by atoms with Crippen molar-refractivity contribution in [3.63, 3.8) is 0 Å². The first-order valence-corrected chi connectivity index (χ1v) is 7.98. The fraction of sp³-hybridized carbons (Fsp3) is 0.500. The second kappa shape index (κ2) is 9.28. The molecule has 1 fully saturated rings. The van der Waals surface area contributed by atoms with Crippen molar-refractivity contribution in [2.24, 2.45) is 0 Å². The molecule has 0 unspecified atom stereocenters. The quantitative estimate of drug-likeness (QED) is 0.742. The molecule has 3 amide bonds. The fourth-order valence-corrected chi connectivity index (χ4v) is 2.45. The lowest BCUT2D eigenvalue weighted by Gasteiger charge is -2.34. The normalized spacial score (nSPS) is 15.1. The van der Waals surface area contributed by atoms with Gasteiger partial charge in [0.25, 0.3) is 0 Å². The maximum Gasteiger partial charge on any atom is 0.322 e. The molecule has 9 heteroatoms. The number of carbonyl (C=O) groups excluding carboxylic acids is 2. The van der Waals surface area contributed by atoms with Gasteiger partial charge in [-0.05, 0) is 12.1 Å². The Hall–Kier alpha value is -2.26. The number of hydrogen-bond donors (Lipinski definition) is 2. The van der Waals surface area contributed by atoms with Gasteiger partial charge < -0.3 is 20.3 Å². The highest BCUT2D eigenvalue weighted by atomic mass is 19.1. The molecule has 1 aromatic rings. The zero-order valence-electron chi connectivity index (χ0n) is 14.1. The number of benzene rings is 1. The minimum atomic E-state index is -0.820. The van der Waals surface area contributed by atoms with Crippen molar-refractivity contribution >= 4 is 17.6 Å². The second-order valence-electron chi connectivity index (χ2n) is 5.66. The largest absolute Gasteiger partial charge is 0.383 e. The molecule has 0 spiro atoms. The monoisotopic (exact) mass is 356 g/mol. The van der Waals surface area contributed by atoms with Gasteiger partial charge in [0.05, 0.1) is 18.8 Å². The number of piperazine rings is 1. The summed E-state index contributed by atoms with van der Waals surface area (Å²) in [7, 11) is 1.56. The lowest BCUT2D eigenvalue weighted by molar-refractivity contribution is -0.122. The van der Waals surface area contributed by atoms with Crippen molar-refractivity contribution in [3.05, 3.63) is 29.8 Å². The van der Waals surface area contributed by atoms with E-state index in [9.17, 15) is 18.4 Å². The van der Waals surface area contributed by atoms with Crippen molar-refractivity contribution < 1.29 is 23.1 Å². The van der Waals surface area contributed by atoms with Crippen LogP contribution in [0.15, 0.2) is 18.2 Å². The topological polar surface area (TPSA) is 73.9 Å². The van der Waals surface area contributed by atoms with Crippen LogP contribution in [-0.2, 0) is 9.53 Å². The maximum atomic E-state index is 13.6. The number of rotatable bonds is 6. The summed E-state index contributed by atoms with van der Waals surface area (Å²) in [6, 6.07) is 2.53. The summed E-state index contributed by atoms with van der Waals surface area (Å²) in [4.78, 5) is 27.3. The van der Waals surface area contributed by atoms with E-state index in [-0.39, 0.29) is 18.1 Å². The van der Waals surface area contributed by atoms with E-state index in [1.807, 2.05) is 4.90 Å². The molecule has 2 rings (SSSR count). The molecule has 0 saturated carbocycles. The van der Waals surface area contributed by atoms with Crippen LogP contribution in [0.1, 0.15) is 0 Å². The van der Waals surface area contributed by atoms with Gasteiger partial charge in [0.15, 0.2) is 0 Å². The highest BCUT2D eigenvalue weighted by molar-refractivity contribution is 5.89. The van der Waals surface area contributed by atoms with E-state index in [2.05, 4.69) is 10.6 Å². The molecule has 1 aromatic carbocycles. The predicted molar refractivity (Wildman–Crippen MR) is 88.3 cm³/mol. The smallest absolute Gasteiger partial charge is 0.322 e. The number of methoxy groups -OCH3 is 1. The van der Waals surface area contributed by atoms with Crippen LogP contribution in [0.4, 0.5) is 19.3 Å². The molecule has 7 nitrogen and oxygen atoms in total. The second-order valence-corrected chi connectivity index (χ2v) is 5.66. The van der Waals surface area contributed by atoms with Gasteiger partial charge in [-0.25, -0.2) is 13.6 Å². The Balaban J connectivity index is 1.75. The Kier molecular flexibility index (Phi) is 7.08. The standard InChI is InChI=1S/C16H22F2N4O3/c1-25-9-4-19-15(23)11-21-5-7-22(8-6-21)16(24)20-14-3-2-12(17)10-13(14)18/h2-3,10H,4-9,11H2,1H3,(H,19,23)(H,20,24). The van der Waals surface area contributed by atoms with Gasteiger partial charge >= 0.3 is 6.03 Å². The highest BCUT2D eigenvalue weighted by Crippen LogP contribution is 2.16. The van der Waals surface area contributed by atoms with Gasteiger partial charge in [0.2, 0.25) is 5.91 Å². The van der Waals surface area contributed by atoms with Crippen molar-refractivity contribution in [2.45, 2.75) is 0 Å². The molecule has 1 aliphatic rings. The van der Waals surface area contributed by atoms with Gasteiger partial charge in [-0.15, -0.1) is 0 Å². The molecular formula is C16H22F2N4O3. The number of nitrogens with one attached hydrogen (secondary N) is 2. The van der Waals surface area contributed by atoms with Gasteiger partial charge in [0, 0.05) is 45.9 Å². The number of halogens is 2. The average molecular weight is 356 g/mol. The first kappa shape index (κ1) is 19.1. The Morgan fingerprint density at radius 2 is 1.92 bits per heavy atom. The Morgan fingerprint density at radius 1 is 1.20 bits per heavy atom. The molecule has 25 heavy (non-hydrogen) atoms. The molecule has 0 atom stereocenters. The Bertz CT molecular complexity index is 607. The number of anilines is 1. The van der Waals surface area contributed by atoms with Crippen molar-refractivity contribution in [3.8, 4) is 0 Å². The number of amides is 3. The molecule has 0 radical (unpaired) electrons. The van der Waals surface area contributed by atoms with Crippen LogP contribution in [0, 0.1) is 11.6 Å². The van der Waals surface area contributed by atoms with Crippen LogP contribution in [0.2, 0.25) is 0 Å². The van der Waals surface area contributed by atoms with Crippen LogP contribution in [-0.4, -0.2) is 74.7 Å². The van der Waals surface area contributed by atoms with E-state index in [1.165, 1.54) is 11.0 Å². The molecule has 2 N–H and O–H groups in total. The van der Waals surface area contributed by atoms with Gasteiger partial charge in [0.1, 0.15) is 11.6 Å². The number of carbonyl (C=O) groups is 2. The third-order valence-corrected chi connectivity index (χ3v) is 3.83. The van der Waals surface area contributed by atoms with Gasteiger partial charge in [-0.2, -0.15) is 0 Å². The molecule has 1 aliphatic heterocycles. The highest BCUT2D eigenvalue weighted by Gasteiger charge is 2.23. The lowest BCUT2D eigenvalue weighted by Crippen LogP contribution is -2.52. The van der Waals surface area contributed by atoms with Crippen LogP contribution in [0.5, 0.6) is 0 Å². The number of nitrogens with zero attached hydrogens (tertiary/aromatic N) is 2. The lowest BCUT2D eigenvalue weighted by atomic mass is 10.3. The van der Waals surface area contributed by atoms with E-state index < -0.39 is 17.7 Å². The molecule has 1 saturated heterocycles. The number of hydrogen-bond acceptors (Lipinski definition) is 4. The summed E-state index contributed by atoms with van der Waals surface area (Å²) in [5, 5.41) is 5.17. The molecule has 1 heterocycles. The van der Waals surface area contributed by atoms with E-state index in [0.29, 0.717) is 39.3 Å². The zero-order valence-corrected chi connectivity index (χ0v) is 14.1. The number of urea groups is 1. The minimum Gasteiger partial charge on any atom is -0.383 e. The maximum absolute atomic E-state index is 13.6. The van der Waals surface area contributed by atoms with Crippen LogP contribution < -0.4 is 10.6 Å². The van der Waals surface area contributed by atoms with Crippen molar-refractivity contribution in [2.75, 3.05) is 58.3 Å². The first-order valence-electron chi connectivity index (χ1n) is 7.98. The van der Waals surface area contributed by atoms with Crippen LogP contribution in [0.3, 0.4) is 0 Å². The van der Waals surface area contributed by atoms with Gasteiger partial charge in [-0.3, -0.25) is 9.69 Å². The molecule has 0 bridgehead atoms. The van der Waals surface area contributed by atoms with Gasteiger partial charge in [-0.1, -0.05) is 0 Å². The van der Waals surface area contributed by atoms with E-state index in [0.717, 1.165) is 12.1 Å². The minimum absolute atomic E-state index is 0.0636. The third kappa shape index (κ3) is 5.95. The van der Waals surface area contributed by atoms with Crippen molar-refractivity contribution in [1.29, 1.82) is 0 Å². The van der Waals surface area contributed by atoms with Crippen LogP contribution >= 0.6 is 0 Å². The van der Waals surface area contributed by atoms with E-state index in [4.69, 9.17) is 4.74 Å². The van der Waals surface area contributed by atoms with Crippen LogP contribution in [0.25, 0.3) is 0 Å². The summed E-state index contributed by atoms with van der Waals surface area (Å²) in [5.41, 5.74) is -0.0636. The van der Waals surface area contributed by atoms with E-state index in [1.54, 1.807) is 7.11 Å². The third-order valence-electron chi connectivity index (χ3n) is 3.83. The Morgan fingerprint density at radius 3 is 2.56 bits per heavy atom. The predicted octanol–water partition coefficient (Wildman–Crippen LogP) is 0.877. The molecule has 138 valence electrons. The molecule has 0 aromatic heterocycles. The average Bonchev–Trinajstić information content (AvgIpc) is 2.58. The first-order chi connectivity index (χ1) is 12.0. The zero-order chi connectivity index (χ0) is 18.2. The SMILES string of the molecule is COCCNC(=O)CN1CCN(C(=O)Nc2ccc(F)cc2F)CC1. The molecular weight excluding hydrogens is 334 g/mol. The fourth-order valence-electron chi connectivity index (χ4n) is 2.45. The summed E-state index contributed by atoms with van der Waals surface area (Å²) in [5.74, 6) is -1.61. The van der Waals surface area contributed by atoms with E-state index >= 15 is 0 Å². The molecule has 0 aliphatic carbocycles. The van der Waals surface area contributed by atoms with Crippen molar-refractivity contribution in [1.82, 2.24) is 15.1 Å². The summed E-state index contributed by atoms with van der Waals surface area (Å²) in [6.45, 7) is 3.08.